The van der Waals surface area contributed by atoms with E-state index in [-0.39, 0.29) is 16.8 Å². The minimum Gasteiger partial charge on any atom is -0.480 e. The van der Waals surface area contributed by atoms with Gasteiger partial charge in [0.1, 0.15) is 17.3 Å². The third kappa shape index (κ3) is 2.62. The summed E-state index contributed by atoms with van der Waals surface area (Å²) in [7, 11) is 0. The lowest BCUT2D eigenvalue weighted by molar-refractivity contribution is -0.139. The number of aromatic amines is 1. The van der Waals surface area contributed by atoms with E-state index in [1.807, 2.05) is 6.92 Å². The summed E-state index contributed by atoms with van der Waals surface area (Å²) in [4.78, 5) is 38.4. The molecular weight excluding hydrogens is 312 g/mol. The van der Waals surface area contributed by atoms with Crippen LogP contribution in [-0.4, -0.2) is 37.6 Å². The Morgan fingerprint density at radius 2 is 2.12 bits per heavy atom. The molecule has 8 heteroatoms. The fourth-order valence-electron chi connectivity index (χ4n) is 2.62. The summed E-state index contributed by atoms with van der Waals surface area (Å²) in [6.07, 6.45) is 2.26. The molecule has 0 radical (unpaired) electrons. The molecule has 8 nitrogen and oxygen atoms in total. The van der Waals surface area contributed by atoms with Crippen LogP contribution in [0.25, 0.3) is 16.6 Å². The molecule has 0 aliphatic rings. The minimum absolute atomic E-state index is 0.125. The number of nitrogens with one attached hydrogen (secondary N) is 2. The number of fused-ring (bicyclic) bond motifs is 3. The molecule has 2 heterocycles. The molecule has 0 saturated heterocycles. The molecule has 2 aromatic heterocycles. The number of benzene rings is 1. The van der Waals surface area contributed by atoms with Crippen LogP contribution in [0.2, 0.25) is 0 Å². The fraction of sp³-hybridized carbons (Fsp3) is 0.250. The van der Waals surface area contributed by atoms with Crippen LogP contribution >= 0.6 is 0 Å². The number of carbonyl (C=O) groups excluding carboxylic acids is 1. The normalized spacial score (nSPS) is 12.4. The van der Waals surface area contributed by atoms with E-state index >= 15 is 0 Å². The van der Waals surface area contributed by atoms with Crippen molar-refractivity contribution >= 4 is 28.4 Å². The van der Waals surface area contributed by atoms with Crippen molar-refractivity contribution in [3.8, 4) is 0 Å². The van der Waals surface area contributed by atoms with E-state index in [1.54, 1.807) is 24.3 Å². The number of amides is 1. The van der Waals surface area contributed by atoms with E-state index in [2.05, 4.69) is 15.4 Å². The van der Waals surface area contributed by atoms with Crippen LogP contribution in [0, 0.1) is 0 Å². The zero-order valence-corrected chi connectivity index (χ0v) is 12.9. The highest BCUT2D eigenvalue weighted by atomic mass is 16.4. The van der Waals surface area contributed by atoms with Crippen molar-refractivity contribution in [2.75, 3.05) is 0 Å². The summed E-state index contributed by atoms with van der Waals surface area (Å²) in [5.74, 6) is -1.68. The maximum absolute atomic E-state index is 12.4. The summed E-state index contributed by atoms with van der Waals surface area (Å²) >= 11 is 0. The van der Waals surface area contributed by atoms with Crippen molar-refractivity contribution in [2.45, 2.75) is 25.8 Å². The lowest BCUT2D eigenvalue weighted by Crippen LogP contribution is -2.40. The van der Waals surface area contributed by atoms with E-state index in [4.69, 9.17) is 5.11 Å². The first kappa shape index (κ1) is 15.7. The largest absolute Gasteiger partial charge is 0.480 e. The second-order valence-electron chi connectivity index (χ2n) is 5.44. The number of hydrogen-bond acceptors (Lipinski definition) is 4. The number of para-hydroxylation sites is 1. The molecule has 1 amide bonds. The van der Waals surface area contributed by atoms with Gasteiger partial charge in [-0.15, -0.1) is 0 Å². The topological polar surface area (TPSA) is 117 Å². The molecule has 24 heavy (non-hydrogen) atoms. The van der Waals surface area contributed by atoms with Crippen LogP contribution in [0.3, 0.4) is 0 Å². The zero-order chi connectivity index (χ0) is 17.3. The van der Waals surface area contributed by atoms with Gasteiger partial charge < -0.3 is 15.4 Å². The van der Waals surface area contributed by atoms with E-state index < -0.39 is 17.9 Å². The molecule has 0 saturated carbocycles. The predicted octanol–water partition coefficient (Wildman–Crippen LogP) is 1.16. The van der Waals surface area contributed by atoms with Gasteiger partial charge in [-0.3, -0.25) is 9.59 Å². The van der Waals surface area contributed by atoms with E-state index in [0.29, 0.717) is 23.7 Å². The number of carboxylic acids is 1. The van der Waals surface area contributed by atoms with Crippen LogP contribution in [-0.2, 0) is 4.79 Å². The third-order valence-electron chi connectivity index (χ3n) is 3.80. The maximum atomic E-state index is 12.4. The molecular formula is C16H16N4O4. The summed E-state index contributed by atoms with van der Waals surface area (Å²) in [6.45, 7) is 1.83. The molecule has 3 aromatic rings. The summed E-state index contributed by atoms with van der Waals surface area (Å²) < 4.78 is 1.46. The Balaban J connectivity index is 2.06. The first-order valence-electron chi connectivity index (χ1n) is 7.55. The molecule has 1 atom stereocenters. The number of carbonyl (C=O) groups is 2. The first-order valence-corrected chi connectivity index (χ1v) is 7.55. The Morgan fingerprint density at radius 3 is 2.83 bits per heavy atom. The average molecular weight is 328 g/mol. The van der Waals surface area contributed by atoms with Gasteiger partial charge in [-0.1, -0.05) is 25.5 Å². The molecule has 0 spiro atoms. The average Bonchev–Trinajstić information content (AvgIpc) is 2.98. The van der Waals surface area contributed by atoms with Crippen molar-refractivity contribution in [1.82, 2.24) is 19.9 Å². The Bertz CT molecular complexity index is 989. The number of aromatic nitrogens is 3. The number of carboxylic acid groups (broad SMARTS) is 1. The van der Waals surface area contributed by atoms with Gasteiger partial charge in [-0.2, -0.15) is 5.10 Å². The second kappa shape index (κ2) is 6.15. The Kier molecular flexibility index (Phi) is 4.03. The number of aliphatic carboxylic acids is 1. The highest BCUT2D eigenvalue weighted by Gasteiger charge is 2.22. The Labute approximate surface area is 136 Å². The van der Waals surface area contributed by atoms with Crippen LogP contribution < -0.4 is 10.9 Å². The van der Waals surface area contributed by atoms with E-state index in [1.165, 1.54) is 10.7 Å². The van der Waals surface area contributed by atoms with E-state index in [0.717, 1.165) is 0 Å². The Hall–Kier alpha value is -3.16. The lowest BCUT2D eigenvalue weighted by atomic mass is 10.1. The maximum Gasteiger partial charge on any atom is 0.326 e. The fourth-order valence-corrected chi connectivity index (χ4v) is 2.62. The first-order chi connectivity index (χ1) is 11.5. The van der Waals surface area contributed by atoms with Crippen LogP contribution in [0.5, 0.6) is 0 Å². The summed E-state index contributed by atoms with van der Waals surface area (Å²) in [6, 6.07) is 5.91. The van der Waals surface area contributed by atoms with Crippen molar-refractivity contribution in [2.24, 2.45) is 0 Å². The standard InChI is InChI=1S/C16H16N4O4/c1-2-5-11(16(23)24)18-15(22)10-8-17-20-12-7-4-3-6-9(12)14(21)19-13(10)20/h3-4,6-8,11H,2,5H2,1H3,(H,18,22)(H,19,21)(H,23,24). The molecule has 124 valence electrons. The predicted molar refractivity (Wildman–Crippen MR) is 87.1 cm³/mol. The molecule has 0 bridgehead atoms. The van der Waals surface area contributed by atoms with Gasteiger partial charge in [-0.05, 0) is 18.6 Å². The smallest absolute Gasteiger partial charge is 0.326 e. The minimum atomic E-state index is -1.10. The lowest BCUT2D eigenvalue weighted by Gasteiger charge is -2.12. The zero-order valence-electron chi connectivity index (χ0n) is 12.9. The molecule has 0 fully saturated rings. The second-order valence-corrected chi connectivity index (χ2v) is 5.44. The third-order valence-corrected chi connectivity index (χ3v) is 3.80. The van der Waals surface area contributed by atoms with Crippen LogP contribution in [0.15, 0.2) is 35.3 Å². The van der Waals surface area contributed by atoms with Gasteiger partial charge in [-0.25, -0.2) is 9.31 Å². The van der Waals surface area contributed by atoms with Crippen LogP contribution in [0.4, 0.5) is 0 Å². The quantitative estimate of drug-likeness (QED) is 0.650. The Morgan fingerprint density at radius 1 is 1.38 bits per heavy atom. The molecule has 1 unspecified atom stereocenters. The number of H-pyrrole nitrogens is 1. The summed E-state index contributed by atoms with van der Waals surface area (Å²) in [5, 5.41) is 16.2. The molecule has 1 aromatic carbocycles. The molecule has 3 N–H and O–H groups in total. The van der Waals surface area contributed by atoms with Crippen LogP contribution in [0.1, 0.15) is 30.1 Å². The van der Waals surface area contributed by atoms with Gasteiger partial charge in [0.25, 0.3) is 11.5 Å². The highest BCUT2D eigenvalue weighted by molar-refractivity contribution is 6.02. The number of rotatable bonds is 5. The van der Waals surface area contributed by atoms with Crippen molar-refractivity contribution < 1.29 is 14.7 Å². The molecule has 0 aliphatic carbocycles. The van der Waals surface area contributed by atoms with Gasteiger partial charge >= 0.3 is 5.97 Å². The summed E-state index contributed by atoms with van der Waals surface area (Å²) in [5.41, 5.74) is 0.590. The SMILES string of the molecule is CCCC(NC(=O)c1cnn2c1[nH]c(=O)c1ccccc12)C(=O)O. The molecule has 0 aliphatic heterocycles. The number of nitrogens with zero attached hydrogens (tertiary/aromatic N) is 2. The van der Waals surface area contributed by atoms with Crippen molar-refractivity contribution in [3.05, 3.63) is 46.4 Å². The monoisotopic (exact) mass is 328 g/mol. The van der Waals surface area contributed by atoms with E-state index in [9.17, 15) is 14.4 Å². The van der Waals surface area contributed by atoms with Gasteiger partial charge in [0.05, 0.1) is 17.1 Å². The van der Waals surface area contributed by atoms with Crippen molar-refractivity contribution in [3.63, 3.8) is 0 Å². The molecule has 3 rings (SSSR count). The van der Waals surface area contributed by atoms with Crippen molar-refractivity contribution in [1.29, 1.82) is 0 Å². The highest BCUT2D eigenvalue weighted by Crippen LogP contribution is 2.14. The van der Waals surface area contributed by atoms with Gasteiger partial charge in [0.15, 0.2) is 0 Å². The van der Waals surface area contributed by atoms with Gasteiger partial charge in [0, 0.05) is 0 Å². The number of hydrogen-bond donors (Lipinski definition) is 3. The van der Waals surface area contributed by atoms with Gasteiger partial charge in [0.2, 0.25) is 0 Å².